The van der Waals surface area contributed by atoms with Crippen LogP contribution >= 0.6 is 0 Å². The number of hydrogen-bond donors (Lipinski definition) is 1. The first kappa shape index (κ1) is 24.2. The maximum atomic E-state index is 13.4. The summed E-state index contributed by atoms with van der Waals surface area (Å²) in [6.07, 6.45) is 1.60. The average Bonchev–Trinajstić information content (AvgIpc) is 2.82. The molecule has 0 spiro atoms. The lowest BCUT2D eigenvalue weighted by Gasteiger charge is -2.18. The second-order valence-electron chi connectivity index (χ2n) is 8.97. The molecule has 180 valence electrons. The molecule has 0 aliphatic carbocycles. The summed E-state index contributed by atoms with van der Waals surface area (Å²) in [7, 11) is 0. The van der Waals surface area contributed by atoms with Crippen LogP contribution in [-0.4, -0.2) is 24.6 Å². The third-order valence-electron chi connectivity index (χ3n) is 5.67. The zero-order chi connectivity index (χ0) is 25.3. The first-order valence-corrected chi connectivity index (χ1v) is 11.2. The molecule has 0 fully saturated rings. The van der Waals surface area contributed by atoms with E-state index < -0.39 is 5.60 Å². The molecule has 35 heavy (non-hydrogen) atoms. The molecule has 2 aromatic heterocycles. The average molecular weight is 475 g/mol. The van der Waals surface area contributed by atoms with Crippen molar-refractivity contribution in [3.8, 4) is 22.8 Å². The second-order valence-corrected chi connectivity index (χ2v) is 8.97. The highest BCUT2D eigenvalue weighted by atomic mass is 19.1. The van der Waals surface area contributed by atoms with Crippen LogP contribution in [0.5, 0.6) is 5.88 Å². The summed E-state index contributed by atoms with van der Waals surface area (Å²) < 4.78 is 20.5. The van der Waals surface area contributed by atoms with E-state index >= 15 is 0 Å². The minimum Gasteiger partial charge on any atom is -0.472 e. The lowest BCUT2D eigenvalue weighted by molar-refractivity contribution is 0.0688. The van der Waals surface area contributed by atoms with Gasteiger partial charge >= 0.3 is 0 Å². The van der Waals surface area contributed by atoms with Crippen LogP contribution in [0.25, 0.3) is 16.9 Å². The monoisotopic (exact) mass is 474 g/mol. The molecule has 0 atom stereocenters. The standard InChI is InChI=1S/C27H27FN4O3/c1-16-6-9-20(22-12-13-29-26(31-22)27(4,5)34)14-23(16)32-18(3)30-24(17(2)25(32)33)35-15-19-7-10-21(28)11-8-19/h6-14,34H,15H2,1-5H3. The van der Waals surface area contributed by atoms with Crippen molar-refractivity contribution in [2.75, 3.05) is 0 Å². The molecule has 0 radical (unpaired) electrons. The van der Waals surface area contributed by atoms with Crippen LogP contribution in [0, 0.1) is 26.6 Å². The Morgan fingerprint density at radius 3 is 2.43 bits per heavy atom. The molecule has 0 aliphatic rings. The normalized spacial score (nSPS) is 11.5. The Morgan fingerprint density at radius 2 is 1.74 bits per heavy atom. The SMILES string of the molecule is Cc1ccc(-c2ccnc(C(C)(C)O)n2)cc1-n1c(C)nc(OCc2ccc(F)cc2)c(C)c1=O. The Balaban J connectivity index is 1.72. The summed E-state index contributed by atoms with van der Waals surface area (Å²) in [6, 6.07) is 13.4. The van der Waals surface area contributed by atoms with E-state index in [1.807, 2.05) is 25.1 Å². The molecule has 7 nitrogen and oxygen atoms in total. The van der Waals surface area contributed by atoms with Gasteiger partial charge in [-0.2, -0.15) is 4.98 Å². The first-order chi connectivity index (χ1) is 16.5. The number of hydrogen-bond acceptors (Lipinski definition) is 6. The van der Waals surface area contributed by atoms with Gasteiger partial charge in [0.2, 0.25) is 5.88 Å². The van der Waals surface area contributed by atoms with E-state index in [2.05, 4.69) is 15.0 Å². The lowest BCUT2D eigenvalue weighted by atomic mass is 10.1. The summed E-state index contributed by atoms with van der Waals surface area (Å²) in [6.45, 7) is 8.76. The highest BCUT2D eigenvalue weighted by Crippen LogP contribution is 2.26. The lowest BCUT2D eigenvalue weighted by Crippen LogP contribution is -2.26. The molecule has 1 N–H and O–H groups in total. The Hall–Kier alpha value is -3.91. The van der Waals surface area contributed by atoms with Crippen LogP contribution in [0.2, 0.25) is 0 Å². The summed E-state index contributed by atoms with van der Waals surface area (Å²) in [4.78, 5) is 26.6. The number of rotatable bonds is 6. The summed E-state index contributed by atoms with van der Waals surface area (Å²) in [5, 5.41) is 10.3. The van der Waals surface area contributed by atoms with Gasteiger partial charge in [0.15, 0.2) is 5.82 Å². The minimum atomic E-state index is -1.18. The molecule has 2 aromatic carbocycles. The number of aliphatic hydroxyl groups is 1. The number of benzene rings is 2. The van der Waals surface area contributed by atoms with Gasteiger partial charge in [-0.15, -0.1) is 0 Å². The van der Waals surface area contributed by atoms with Crippen LogP contribution in [-0.2, 0) is 12.2 Å². The smallest absolute Gasteiger partial charge is 0.264 e. The highest BCUT2D eigenvalue weighted by Gasteiger charge is 2.21. The van der Waals surface area contributed by atoms with E-state index in [-0.39, 0.29) is 23.9 Å². The molecule has 4 aromatic rings. The van der Waals surface area contributed by atoms with Gasteiger partial charge < -0.3 is 9.84 Å². The second kappa shape index (κ2) is 9.38. The van der Waals surface area contributed by atoms with Gasteiger partial charge in [0.25, 0.3) is 5.56 Å². The quantitative estimate of drug-likeness (QED) is 0.441. The van der Waals surface area contributed by atoms with Crippen molar-refractivity contribution in [3.63, 3.8) is 0 Å². The number of ether oxygens (including phenoxy) is 1. The molecule has 0 unspecified atom stereocenters. The molecule has 2 heterocycles. The summed E-state index contributed by atoms with van der Waals surface area (Å²) >= 11 is 0. The van der Waals surface area contributed by atoms with Crippen LogP contribution in [0.3, 0.4) is 0 Å². The van der Waals surface area contributed by atoms with Gasteiger partial charge in [-0.1, -0.05) is 24.3 Å². The van der Waals surface area contributed by atoms with Gasteiger partial charge in [-0.3, -0.25) is 9.36 Å². The topological polar surface area (TPSA) is 90.1 Å². The molecular formula is C27H27FN4O3. The van der Waals surface area contributed by atoms with Gasteiger partial charge in [0.05, 0.1) is 16.9 Å². The molecule has 4 rings (SSSR count). The Labute approximate surface area is 202 Å². The molecule has 0 bridgehead atoms. The van der Waals surface area contributed by atoms with Crippen molar-refractivity contribution in [2.24, 2.45) is 0 Å². The minimum absolute atomic E-state index is 0.169. The number of aromatic nitrogens is 4. The Bertz CT molecular complexity index is 1440. The predicted octanol–water partition coefficient (Wildman–Crippen LogP) is 4.56. The van der Waals surface area contributed by atoms with E-state index in [1.165, 1.54) is 12.1 Å². The maximum absolute atomic E-state index is 13.4. The largest absolute Gasteiger partial charge is 0.472 e. The molecule has 0 saturated heterocycles. The highest BCUT2D eigenvalue weighted by molar-refractivity contribution is 5.64. The van der Waals surface area contributed by atoms with Crippen molar-refractivity contribution in [1.29, 1.82) is 0 Å². The number of aryl methyl sites for hydroxylation is 2. The van der Waals surface area contributed by atoms with Crippen molar-refractivity contribution >= 4 is 0 Å². The fraction of sp³-hybridized carbons (Fsp3) is 0.259. The zero-order valence-electron chi connectivity index (χ0n) is 20.3. The molecule has 0 aliphatic heterocycles. The number of halogens is 1. The van der Waals surface area contributed by atoms with Crippen molar-refractivity contribution in [2.45, 2.75) is 46.8 Å². The van der Waals surface area contributed by atoms with E-state index in [1.54, 1.807) is 56.7 Å². The third-order valence-corrected chi connectivity index (χ3v) is 5.67. The van der Waals surface area contributed by atoms with Crippen molar-refractivity contribution in [3.05, 3.63) is 99.2 Å². The van der Waals surface area contributed by atoms with Crippen LogP contribution in [0.15, 0.2) is 59.5 Å². The zero-order valence-corrected chi connectivity index (χ0v) is 20.3. The van der Waals surface area contributed by atoms with Crippen LogP contribution < -0.4 is 10.3 Å². The molecule has 0 saturated carbocycles. The first-order valence-electron chi connectivity index (χ1n) is 11.2. The molecular weight excluding hydrogens is 447 g/mol. The van der Waals surface area contributed by atoms with E-state index in [9.17, 15) is 14.3 Å². The third kappa shape index (κ3) is 5.12. The van der Waals surface area contributed by atoms with Crippen molar-refractivity contribution < 1.29 is 14.2 Å². The van der Waals surface area contributed by atoms with Crippen LogP contribution in [0.1, 0.15) is 42.2 Å². The van der Waals surface area contributed by atoms with Gasteiger partial charge in [0, 0.05) is 11.8 Å². The number of nitrogens with zero attached hydrogens (tertiary/aromatic N) is 4. The molecule has 0 amide bonds. The Kier molecular flexibility index (Phi) is 6.49. The maximum Gasteiger partial charge on any atom is 0.264 e. The molecule has 8 heteroatoms. The van der Waals surface area contributed by atoms with E-state index in [0.717, 1.165) is 16.7 Å². The summed E-state index contributed by atoms with van der Waals surface area (Å²) in [5.41, 5.74) is 2.69. The van der Waals surface area contributed by atoms with Crippen LogP contribution in [0.4, 0.5) is 4.39 Å². The fourth-order valence-corrected chi connectivity index (χ4v) is 3.67. The predicted molar refractivity (Wildman–Crippen MR) is 131 cm³/mol. The van der Waals surface area contributed by atoms with E-state index in [0.29, 0.717) is 28.6 Å². The van der Waals surface area contributed by atoms with Crippen molar-refractivity contribution in [1.82, 2.24) is 19.5 Å². The van der Waals surface area contributed by atoms with Gasteiger partial charge in [-0.05, 0) is 70.0 Å². The van der Waals surface area contributed by atoms with Gasteiger partial charge in [-0.25, -0.2) is 14.4 Å². The summed E-state index contributed by atoms with van der Waals surface area (Å²) in [5.74, 6) is 0.699. The Morgan fingerprint density at radius 1 is 1.03 bits per heavy atom. The van der Waals surface area contributed by atoms with Gasteiger partial charge in [0.1, 0.15) is 23.8 Å². The van der Waals surface area contributed by atoms with E-state index in [4.69, 9.17) is 4.74 Å². The fourth-order valence-electron chi connectivity index (χ4n) is 3.67.